The molecule has 2 aromatic carbocycles. The fourth-order valence-electron chi connectivity index (χ4n) is 5.37. The fourth-order valence-corrected chi connectivity index (χ4v) is 5.37. The predicted octanol–water partition coefficient (Wildman–Crippen LogP) is 5.16. The first-order valence-corrected chi connectivity index (χ1v) is 12.7. The highest BCUT2D eigenvalue weighted by Gasteiger charge is 2.22. The SMILES string of the molecule is [2H]C([2H])([2H])Oc1nnn(C([2H])([2H])[2H])c1-c1cnc2c3ccc(C(C)(C)O)cc3n(Cc3cccc(C4CCOCC4)c3)c2c1. The monoisotopic (exact) mass is 517 g/mol. The van der Waals surface area contributed by atoms with Crippen LogP contribution in [0.3, 0.4) is 0 Å². The number of nitrogens with zero attached hydrogens (tertiary/aromatic N) is 5. The summed E-state index contributed by atoms with van der Waals surface area (Å²) in [6.45, 7) is 2.64. The molecule has 38 heavy (non-hydrogen) atoms. The third-order valence-electron chi connectivity index (χ3n) is 7.40. The number of aryl methyl sites for hydroxylation is 1. The standard InChI is InChI=1S/C30H33N5O3/c1-30(2,36)23-8-9-24-25(16-23)35(18-19-6-5-7-21(14-19)20-10-12-38-13-11-20)26-15-22(17-31-27(24)26)28-29(37-4)32-33-34(28)3/h5-9,14-17,20,36H,10-13,18H2,1-4H3/i3D3,4D3. The number of pyridine rings is 1. The normalized spacial score (nSPS) is 18.0. The molecule has 0 aliphatic carbocycles. The van der Waals surface area contributed by atoms with Gasteiger partial charge in [0.05, 0.1) is 33.3 Å². The molecule has 1 aliphatic rings. The molecule has 0 amide bonds. The Kier molecular flexibility index (Phi) is 4.64. The van der Waals surface area contributed by atoms with Crippen molar-refractivity contribution in [1.29, 1.82) is 0 Å². The van der Waals surface area contributed by atoms with Crippen molar-refractivity contribution in [2.75, 3.05) is 20.3 Å². The molecule has 8 nitrogen and oxygen atoms in total. The third kappa shape index (κ3) is 4.33. The molecular formula is C30H33N5O3. The lowest BCUT2D eigenvalue weighted by atomic mass is 9.91. The first kappa shape index (κ1) is 18.5. The molecule has 0 spiro atoms. The van der Waals surface area contributed by atoms with Crippen LogP contribution in [0.2, 0.25) is 0 Å². The third-order valence-corrected chi connectivity index (χ3v) is 7.40. The van der Waals surface area contributed by atoms with Gasteiger partial charge >= 0.3 is 0 Å². The highest BCUT2D eigenvalue weighted by atomic mass is 16.5. The van der Waals surface area contributed by atoms with Crippen LogP contribution in [0.5, 0.6) is 5.88 Å². The maximum Gasteiger partial charge on any atom is 0.261 e. The van der Waals surface area contributed by atoms with Gasteiger partial charge < -0.3 is 19.1 Å². The Labute approximate surface area is 230 Å². The molecule has 0 radical (unpaired) electrons. The van der Waals surface area contributed by atoms with E-state index in [-0.39, 0.29) is 11.3 Å². The van der Waals surface area contributed by atoms with Gasteiger partial charge in [-0.25, -0.2) is 4.68 Å². The summed E-state index contributed by atoms with van der Waals surface area (Å²) < 4.78 is 60.0. The lowest BCUT2D eigenvalue weighted by Gasteiger charge is -2.23. The van der Waals surface area contributed by atoms with E-state index in [0.717, 1.165) is 48.1 Å². The van der Waals surface area contributed by atoms with E-state index in [4.69, 9.17) is 22.7 Å². The van der Waals surface area contributed by atoms with E-state index < -0.39 is 25.5 Å². The molecule has 1 saturated heterocycles. The van der Waals surface area contributed by atoms with Crippen LogP contribution in [-0.4, -0.2) is 49.9 Å². The van der Waals surface area contributed by atoms with E-state index in [2.05, 4.69) is 39.1 Å². The average molecular weight is 518 g/mol. The first-order valence-electron chi connectivity index (χ1n) is 15.7. The largest absolute Gasteiger partial charge is 0.478 e. The van der Waals surface area contributed by atoms with Gasteiger partial charge in [-0.3, -0.25) is 4.98 Å². The number of hydrogen-bond donors (Lipinski definition) is 1. The molecule has 0 atom stereocenters. The quantitative estimate of drug-likeness (QED) is 0.335. The van der Waals surface area contributed by atoms with Crippen LogP contribution in [0.15, 0.2) is 54.7 Å². The van der Waals surface area contributed by atoms with Gasteiger partial charge in [0.15, 0.2) is 0 Å². The van der Waals surface area contributed by atoms with Gasteiger partial charge in [0.25, 0.3) is 5.88 Å². The number of aliphatic hydroxyl groups is 1. The minimum atomic E-state index is -2.88. The van der Waals surface area contributed by atoms with Crippen molar-refractivity contribution in [1.82, 2.24) is 24.5 Å². The van der Waals surface area contributed by atoms with Gasteiger partial charge in [0.1, 0.15) is 5.69 Å². The Bertz CT molecular complexity index is 1830. The van der Waals surface area contributed by atoms with Crippen LogP contribution in [0.25, 0.3) is 33.2 Å². The van der Waals surface area contributed by atoms with Crippen molar-refractivity contribution in [2.45, 2.75) is 44.8 Å². The van der Waals surface area contributed by atoms with E-state index >= 15 is 0 Å². The van der Waals surface area contributed by atoms with Crippen molar-refractivity contribution >= 4 is 21.9 Å². The van der Waals surface area contributed by atoms with Crippen molar-refractivity contribution in [2.24, 2.45) is 6.98 Å². The van der Waals surface area contributed by atoms with Gasteiger partial charge in [0, 0.05) is 48.0 Å². The number of rotatable bonds is 6. The summed E-state index contributed by atoms with van der Waals surface area (Å²) in [5.41, 5.74) is 4.29. The number of aromatic nitrogens is 5. The van der Waals surface area contributed by atoms with E-state index in [1.165, 1.54) is 11.8 Å². The Balaban J connectivity index is 1.55. The first-order chi connectivity index (χ1) is 20.7. The Morgan fingerprint density at radius 1 is 1.13 bits per heavy atom. The van der Waals surface area contributed by atoms with Crippen molar-refractivity contribution in [3.05, 3.63) is 71.4 Å². The molecule has 4 heterocycles. The van der Waals surface area contributed by atoms with Crippen LogP contribution in [0, 0.1) is 0 Å². The molecule has 1 fully saturated rings. The molecular weight excluding hydrogens is 478 g/mol. The second-order valence-electron chi connectivity index (χ2n) is 10.4. The number of fused-ring (bicyclic) bond motifs is 3. The lowest BCUT2D eigenvalue weighted by molar-refractivity contribution is 0.0787. The topological polar surface area (TPSA) is 87.2 Å². The minimum Gasteiger partial charge on any atom is -0.478 e. The predicted molar refractivity (Wildman–Crippen MR) is 147 cm³/mol. The molecule has 6 rings (SSSR count). The van der Waals surface area contributed by atoms with Gasteiger partial charge in [-0.15, -0.1) is 0 Å². The highest BCUT2D eigenvalue weighted by Crippen LogP contribution is 2.36. The van der Waals surface area contributed by atoms with Crippen LogP contribution >= 0.6 is 0 Å². The summed E-state index contributed by atoms with van der Waals surface area (Å²) in [6, 6.07) is 15.9. The Morgan fingerprint density at radius 3 is 2.79 bits per heavy atom. The van der Waals surface area contributed by atoms with Gasteiger partial charge in [0.2, 0.25) is 0 Å². The molecule has 5 aromatic rings. The zero-order valence-corrected chi connectivity index (χ0v) is 21.3. The summed E-state index contributed by atoms with van der Waals surface area (Å²) in [6.07, 6.45) is 3.40. The summed E-state index contributed by atoms with van der Waals surface area (Å²) >= 11 is 0. The molecule has 1 N–H and O–H groups in total. The average Bonchev–Trinajstić information content (AvgIpc) is 3.51. The second-order valence-corrected chi connectivity index (χ2v) is 10.4. The van der Waals surface area contributed by atoms with Gasteiger partial charge in [-0.05, 0) is 61.4 Å². The Morgan fingerprint density at radius 2 is 2.00 bits per heavy atom. The summed E-state index contributed by atoms with van der Waals surface area (Å²) in [5, 5.41) is 19.1. The molecule has 196 valence electrons. The van der Waals surface area contributed by atoms with Crippen LogP contribution in [0.4, 0.5) is 0 Å². The van der Waals surface area contributed by atoms with E-state index in [0.29, 0.717) is 28.2 Å². The van der Waals surface area contributed by atoms with Crippen LogP contribution in [-0.2, 0) is 23.9 Å². The molecule has 8 heteroatoms. The molecule has 3 aromatic heterocycles. The second kappa shape index (κ2) is 9.53. The number of benzene rings is 2. The Hall–Kier alpha value is -3.75. The van der Waals surface area contributed by atoms with Crippen LogP contribution in [0.1, 0.15) is 57.5 Å². The fraction of sp³-hybridized carbons (Fsp3) is 0.367. The summed E-state index contributed by atoms with van der Waals surface area (Å²) in [7, 11) is -2.88. The van der Waals surface area contributed by atoms with E-state index in [9.17, 15) is 5.11 Å². The van der Waals surface area contributed by atoms with Gasteiger partial charge in [-0.2, -0.15) is 0 Å². The maximum atomic E-state index is 10.8. The molecule has 0 saturated carbocycles. The number of methoxy groups -OCH3 is 1. The number of ether oxygens (including phenoxy) is 2. The zero-order valence-electron chi connectivity index (χ0n) is 27.3. The smallest absolute Gasteiger partial charge is 0.261 e. The highest BCUT2D eigenvalue weighted by molar-refractivity contribution is 6.06. The van der Waals surface area contributed by atoms with Crippen molar-refractivity contribution in [3.8, 4) is 17.1 Å². The molecule has 1 aliphatic heterocycles. The molecule has 0 bridgehead atoms. The van der Waals surface area contributed by atoms with Crippen LogP contribution < -0.4 is 4.74 Å². The summed E-state index contributed by atoms with van der Waals surface area (Å²) in [4.78, 5) is 4.73. The van der Waals surface area contributed by atoms with E-state index in [1.807, 2.05) is 18.2 Å². The minimum absolute atomic E-state index is 0.119. The molecule has 0 unspecified atom stereocenters. The van der Waals surface area contributed by atoms with Crippen molar-refractivity contribution < 1.29 is 22.8 Å². The summed E-state index contributed by atoms with van der Waals surface area (Å²) in [5.74, 6) is -0.0142. The number of hydrogen-bond acceptors (Lipinski definition) is 6. The zero-order chi connectivity index (χ0) is 31.4. The van der Waals surface area contributed by atoms with Gasteiger partial charge in [-0.1, -0.05) is 46.7 Å². The van der Waals surface area contributed by atoms with Crippen molar-refractivity contribution in [3.63, 3.8) is 0 Å². The lowest BCUT2D eigenvalue weighted by Crippen LogP contribution is -2.15. The maximum absolute atomic E-state index is 10.8. The van der Waals surface area contributed by atoms with E-state index in [1.54, 1.807) is 19.9 Å².